The van der Waals surface area contributed by atoms with E-state index in [1.165, 1.54) is 27.6 Å². The van der Waals surface area contributed by atoms with Gasteiger partial charge in [-0.1, -0.05) is 36.4 Å². The number of benzene rings is 2. The van der Waals surface area contributed by atoms with Crippen LogP contribution >= 0.6 is 0 Å². The van der Waals surface area contributed by atoms with Gasteiger partial charge in [0.25, 0.3) is 0 Å². The lowest BCUT2D eigenvalue weighted by molar-refractivity contribution is -0.0704. The van der Waals surface area contributed by atoms with Crippen LogP contribution in [0, 0.1) is 0 Å². The third kappa shape index (κ3) is 4.59. The second-order valence-electron chi connectivity index (χ2n) is 7.73. The summed E-state index contributed by atoms with van der Waals surface area (Å²) in [4.78, 5) is 5.76. The van der Waals surface area contributed by atoms with Gasteiger partial charge in [-0.15, -0.1) is 0 Å². The van der Waals surface area contributed by atoms with E-state index < -0.39 is 0 Å². The van der Waals surface area contributed by atoms with E-state index in [1.807, 2.05) is 6.20 Å². The van der Waals surface area contributed by atoms with Gasteiger partial charge in [0.15, 0.2) is 0 Å². The Labute approximate surface area is 161 Å². The normalized spacial score (nSPS) is 21.0. The van der Waals surface area contributed by atoms with Gasteiger partial charge in [-0.3, -0.25) is 4.90 Å². The molecule has 142 valence electrons. The fraction of sp³-hybridized carbons (Fsp3) is 0.391. The number of nitrogens with one attached hydrogen (secondary N) is 2. The van der Waals surface area contributed by atoms with Crippen LogP contribution in [0.5, 0.6) is 0 Å². The molecule has 0 bridgehead atoms. The average molecular weight is 364 g/mol. The fourth-order valence-electron chi connectivity index (χ4n) is 4.08. The summed E-state index contributed by atoms with van der Waals surface area (Å²) >= 11 is 0. The first-order valence-electron chi connectivity index (χ1n) is 9.89. The van der Waals surface area contributed by atoms with Crippen LogP contribution in [0.3, 0.4) is 0 Å². The van der Waals surface area contributed by atoms with Crippen LogP contribution < -0.4 is 5.32 Å². The van der Waals surface area contributed by atoms with Crippen LogP contribution in [0.4, 0.5) is 0 Å². The van der Waals surface area contributed by atoms with Crippen LogP contribution in [0.25, 0.3) is 10.9 Å². The molecule has 2 heterocycles. The number of aromatic nitrogens is 1. The van der Waals surface area contributed by atoms with Crippen molar-refractivity contribution < 1.29 is 4.74 Å². The van der Waals surface area contributed by atoms with Gasteiger partial charge in [0.05, 0.1) is 12.2 Å². The van der Waals surface area contributed by atoms with Crippen LogP contribution in [0.15, 0.2) is 54.7 Å². The zero-order chi connectivity index (χ0) is 18.6. The number of morpholine rings is 1. The van der Waals surface area contributed by atoms with Crippen LogP contribution in [-0.2, 0) is 24.4 Å². The lowest BCUT2D eigenvalue weighted by atomic mass is 10.1. The largest absolute Gasteiger partial charge is 0.373 e. The molecule has 0 spiro atoms. The van der Waals surface area contributed by atoms with Crippen molar-refractivity contribution in [2.45, 2.75) is 45.7 Å². The summed E-state index contributed by atoms with van der Waals surface area (Å²) in [6.07, 6.45) is 2.64. The Morgan fingerprint density at radius 2 is 1.70 bits per heavy atom. The summed E-state index contributed by atoms with van der Waals surface area (Å²) in [6, 6.07) is 17.6. The summed E-state index contributed by atoms with van der Waals surface area (Å²) in [6.45, 7) is 9.10. The van der Waals surface area contributed by atoms with Gasteiger partial charge in [0.1, 0.15) is 0 Å². The number of ether oxygens (including phenoxy) is 1. The van der Waals surface area contributed by atoms with Crippen molar-refractivity contribution in [1.82, 2.24) is 15.2 Å². The van der Waals surface area contributed by atoms with Crippen LogP contribution in [0.1, 0.15) is 30.5 Å². The maximum Gasteiger partial charge on any atom is 0.0678 e. The van der Waals surface area contributed by atoms with Gasteiger partial charge in [0.2, 0.25) is 0 Å². The number of hydrogen-bond acceptors (Lipinski definition) is 3. The van der Waals surface area contributed by atoms with E-state index in [0.717, 1.165) is 32.7 Å². The Kier molecular flexibility index (Phi) is 5.58. The van der Waals surface area contributed by atoms with Crippen molar-refractivity contribution in [2.24, 2.45) is 0 Å². The van der Waals surface area contributed by atoms with Crippen molar-refractivity contribution in [3.05, 3.63) is 71.4 Å². The Balaban J connectivity index is 1.30. The summed E-state index contributed by atoms with van der Waals surface area (Å²) < 4.78 is 5.82. The lowest BCUT2D eigenvalue weighted by Crippen LogP contribution is -2.44. The number of hydrogen-bond donors (Lipinski definition) is 2. The molecule has 27 heavy (non-hydrogen) atoms. The molecule has 1 fully saturated rings. The summed E-state index contributed by atoms with van der Waals surface area (Å²) in [7, 11) is 0. The van der Waals surface area contributed by atoms with Gasteiger partial charge in [-0.05, 0) is 42.7 Å². The highest BCUT2D eigenvalue weighted by Gasteiger charge is 2.21. The molecule has 4 rings (SSSR count). The van der Waals surface area contributed by atoms with Crippen LogP contribution in [-0.4, -0.2) is 35.2 Å². The molecule has 2 unspecified atom stereocenters. The molecular formula is C23H29N3O. The first kappa shape index (κ1) is 18.2. The molecule has 1 saturated heterocycles. The zero-order valence-corrected chi connectivity index (χ0v) is 16.2. The molecule has 0 saturated carbocycles. The third-order valence-corrected chi connectivity index (χ3v) is 5.25. The molecule has 2 atom stereocenters. The number of aromatic amines is 1. The van der Waals surface area contributed by atoms with Gasteiger partial charge in [-0.2, -0.15) is 0 Å². The molecule has 1 aliphatic rings. The van der Waals surface area contributed by atoms with Crippen molar-refractivity contribution >= 4 is 10.9 Å². The summed E-state index contributed by atoms with van der Waals surface area (Å²) in [5.74, 6) is 0. The third-order valence-electron chi connectivity index (χ3n) is 5.25. The number of H-pyrrole nitrogens is 1. The quantitative estimate of drug-likeness (QED) is 0.694. The molecule has 3 aromatic rings. The van der Waals surface area contributed by atoms with E-state index in [4.69, 9.17) is 4.74 Å². The molecule has 1 aliphatic heterocycles. The SMILES string of the molecule is CC1CN(Cc2ccc(CNCc3cccc4[nH]ccc34)cc2)CC(C)O1. The Hall–Kier alpha value is -2.14. The highest BCUT2D eigenvalue weighted by molar-refractivity contribution is 5.82. The Bertz CT molecular complexity index is 861. The smallest absolute Gasteiger partial charge is 0.0678 e. The van der Waals surface area contributed by atoms with Crippen molar-refractivity contribution in [3.8, 4) is 0 Å². The van der Waals surface area contributed by atoms with Crippen molar-refractivity contribution in [1.29, 1.82) is 0 Å². The van der Waals surface area contributed by atoms with Crippen molar-refractivity contribution in [2.75, 3.05) is 13.1 Å². The Morgan fingerprint density at radius 3 is 2.48 bits per heavy atom. The zero-order valence-electron chi connectivity index (χ0n) is 16.2. The number of fused-ring (bicyclic) bond motifs is 1. The topological polar surface area (TPSA) is 40.3 Å². The maximum absolute atomic E-state index is 5.82. The lowest BCUT2D eigenvalue weighted by Gasteiger charge is -2.35. The maximum atomic E-state index is 5.82. The highest BCUT2D eigenvalue weighted by Crippen LogP contribution is 2.18. The monoisotopic (exact) mass is 363 g/mol. The minimum Gasteiger partial charge on any atom is -0.373 e. The van der Waals surface area contributed by atoms with E-state index in [0.29, 0.717) is 12.2 Å². The van der Waals surface area contributed by atoms with Gasteiger partial charge in [-0.25, -0.2) is 0 Å². The first-order chi connectivity index (χ1) is 13.2. The highest BCUT2D eigenvalue weighted by atomic mass is 16.5. The Morgan fingerprint density at radius 1 is 0.963 bits per heavy atom. The first-order valence-corrected chi connectivity index (χ1v) is 9.89. The predicted octanol–water partition coefficient (Wildman–Crippen LogP) is 4.07. The van der Waals surface area contributed by atoms with E-state index in [9.17, 15) is 0 Å². The molecule has 0 aliphatic carbocycles. The minimum atomic E-state index is 0.321. The second kappa shape index (κ2) is 8.26. The van der Waals surface area contributed by atoms with E-state index in [2.05, 4.69) is 77.6 Å². The number of rotatable bonds is 6. The average Bonchev–Trinajstić information content (AvgIpc) is 3.12. The second-order valence-corrected chi connectivity index (χ2v) is 7.73. The molecule has 0 amide bonds. The molecule has 2 N–H and O–H groups in total. The van der Waals surface area contributed by atoms with Crippen molar-refractivity contribution in [3.63, 3.8) is 0 Å². The van der Waals surface area contributed by atoms with Gasteiger partial charge in [0, 0.05) is 49.8 Å². The van der Waals surface area contributed by atoms with Gasteiger partial charge >= 0.3 is 0 Å². The minimum absolute atomic E-state index is 0.321. The van der Waals surface area contributed by atoms with E-state index in [-0.39, 0.29) is 0 Å². The van der Waals surface area contributed by atoms with Crippen LogP contribution in [0.2, 0.25) is 0 Å². The van der Waals surface area contributed by atoms with E-state index in [1.54, 1.807) is 0 Å². The summed E-state index contributed by atoms with van der Waals surface area (Å²) in [5, 5.41) is 4.87. The fourth-order valence-corrected chi connectivity index (χ4v) is 4.08. The number of nitrogens with zero attached hydrogens (tertiary/aromatic N) is 1. The van der Waals surface area contributed by atoms with E-state index >= 15 is 0 Å². The van der Waals surface area contributed by atoms with Gasteiger partial charge < -0.3 is 15.0 Å². The standard InChI is InChI=1S/C23H29N3O/c1-17-14-26(15-18(2)27-17)16-20-8-6-19(7-9-20)12-24-13-21-4-3-5-23-22(21)10-11-25-23/h3-11,17-18,24-25H,12-16H2,1-2H3. The molecule has 2 aromatic carbocycles. The molecular weight excluding hydrogens is 334 g/mol. The summed E-state index contributed by atoms with van der Waals surface area (Å²) in [5.41, 5.74) is 5.23. The predicted molar refractivity (Wildman–Crippen MR) is 111 cm³/mol. The molecule has 4 heteroatoms. The molecule has 0 radical (unpaired) electrons. The molecule has 4 nitrogen and oxygen atoms in total. The molecule has 1 aromatic heterocycles.